The minimum absolute atomic E-state index is 0.154. The number of carboxylic acid groups (broad SMARTS) is 2. The average molecular weight is 551 g/mol. The van der Waals surface area contributed by atoms with Crippen LogP contribution >= 0.6 is 23.5 Å². The van der Waals surface area contributed by atoms with Gasteiger partial charge in [-0.1, -0.05) is 30.3 Å². The highest BCUT2D eigenvalue weighted by molar-refractivity contribution is 8.02. The molecule has 200 valence electrons. The molecule has 4 saturated heterocycles. The standard InChI is InChI=1S/C16H18N2O4S.C8H12N2O3S/c1-16(2)12(15(21)22)18-13(20)11(14(18)23-16)17-10(19)8-9-6-4-3-5-7-9;1-8(2)4(7(12)13)10-5(11)3(9)6(10)14-8/h3-7,11-12,14H,8H2,1-2H3,(H,17,19)(H,21,22);3-4,6H,9H2,1-2H3,(H,12,13)/t11-,12?,14?;3-,4?,6?/m11/s1. The van der Waals surface area contributed by atoms with E-state index in [0.717, 1.165) is 5.56 Å². The Morgan fingerprint density at radius 2 is 1.38 bits per heavy atom. The second-order valence-corrected chi connectivity index (χ2v) is 14.0. The lowest BCUT2D eigenvalue weighted by molar-refractivity contribution is -0.161. The molecule has 4 heterocycles. The van der Waals surface area contributed by atoms with Crippen LogP contribution in [0.25, 0.3) is 0 Å². The Morgan fingerprint density at radius 1 is 0.892 bits per heavy atom. The van der Waals surface area contributed by atoms with Crippen LogP contribution in [0.1, 0.15) is 33.3 Å². The molecule has 0 spiro atoms. The van der Waals surface area contributed by atoms with E-state index in [1.54, 1.807) is 0 Å². The summed E-state index contributed by atoms with van der Waals surface area (Å²) in [7, 11) is 0. The number of carbonyl (C=O) groups excluding carboxylic acids is 3. The van der Waals surface area contributed by atoms with Gasteiger partial charge in [0.25, 0.3) is 0 Å². The van der Waals surface area contributed by atoms with Crippen molar-refractivity contribution in [2.45, 2.75) is 78.5 Å². The lowest BCUT2D eigenvalue weighted by atomic mass is 9.96. The van der Waals surface area contributed by atoms with E-state index in [1.165, 1.54) is 33.3 Å². The van der Waals surface area contributed by atoms with Crippen LogP contribution in [-0.2, 0) is 30.4 Å². The van der Waals surface area contributed by atoms with E-state index in [1.807, 2.05) is 58.0 Å². The first-order valence-corrected chi connectivity index (χ1v) is 13.5. The van der Waals surface area contributed by atoms with Crippen LogP contribution in [0, 0.1) is 0 Å². The molecule has 4 unspecified atom stereocenters. The summed E-state index contributed by atoms with van der Waals surface area (Å²) in [5.41, 5.74) is 6.46. The lowest BCUT2D eigenvalue weighted by Gasteiger charge is -2.43. The van der Waals surface area contributed by atoms with E-state index in [4.69, 9.17) is 10.8 Å². The van der Waals surface area contributed by atoms with Crippen molar-refractivity contribution in [2.75, 3.05) is 0 Å². The Kier molecular flexibility index (Phi) is 7.01. The SMILES string of the molecule is CC1(C)SC2[C@H](N)C(=O)N2C1C(=O)O.CC1(C)SC2[C@H](NC(=O)Cc3ccccc3)C(=O)N2C1C(=O)O. The van der Waals surface area contributed by atoms with Crippen LogP contribution in [-0.4, -0.2) is 94.1 Å². The van der Waals surface area contributed by atoms with Gasteiger partial charge in [0.05, 0.1) is 6.42 Å². The number of aliphatic carboxylic acids is 2. The maximum Gasteiger partial charge on any atom is 0.327 e. The summed E-state index contributed by atoms with van der Waals surface area (Å²) in [5, 5.41) is 20.7. The first-order chi connectivity index (χ1) is 17.2. The van der Waals surface area contributed by atoms with Crippen molar-refractivity contribution >= 4 is 53.2 Å². The number of nitrogens with two attached hydrogens (primary N) is 1. The van der Waals surface area contributed by atoms with Crippen molar-refractivity contribution in [3.05, 3.63) is 35.9 Å². The minimum Gasteiger partial charge on any atom is -0.480 e. The largest absolute Gasteiger partial charge is 0.480 e. The minimum atomic E-state index is -1.01. The highest BCUT2D eigenvalue weighted by Crippen LogP contribution is 2.51. The Labute approximate surface area is 222 Å². The molecule has 1 aromatic carbocycles. The van der Waals surface area contributed by atoms with Crippen molar-refractivity contribution < 1.29 is 34.2 Å². The number of thioether (sulfide) groups is 2. The lowest BCUT2D eigenvalue weighted by Crippen LogP contribution is -2.70. The summed E-state index contributed by atoms with van der Waals surface area (Å²) < 4.78 is -1.04. The zero-order chi connectivity index (χ0) is 27.4. The van der Waals surface area contributed by atoms with Gasteiger partial charge in [0.1, 0.15) is 34.9 Å². The van der Waals surface area contributed by atoms with Crippen LogP contribution in [0.3, 0.4) is 0 Å². The number of rotatable bonds is 5. The second kappa shape index (κ2) is 9.52. The predicted octanol–water partition coefficient (Wildman–Crippen LogP) is 0.321. The van der Waals surface area contributed by atoms with Gasteiger partial charge in [0.15, 0.2) is 0 Å². The van der Waals surface area contributed by atoms with Gasteiger partial charge in [0.2, 0.25) is 17.7 Å². The number of benzene rings is 1. The van der Waals surface area contributed by atoms with E-state index >= 15 is 0 Å². The fourth-order valence-electron chi connectivity index (χ4n) is 5.19. The molecular formula is C24H30N4O7S2. The van der Waals surface area contributed by atoms with Gasteiger partial charge < -0.3 is 31.1 Å². The Bertz CT molecular complexity index is 1150. The number of hydrogen-bond donors (Lipinski definition) is 4. The van der Waals surface area contributed by atoms with E-state index < -0.39 is 45.6 Å². The highest BCUT2D eigenvalue weighted by atomic mass is 32.2. The third kappa shape index (κ3) is 4.68. The molecule has 1 aromatic rings. The van der Waals surface area contributed by atoms with Crippen LogP contribution in [0.15, 0.2) is 30.3 Å². The fourth-order valence-corrected chi connectivity index (χ4v) is 8.39. The molecule has 0 radical (unpaired) electrons. The van der Waals surface area contributed by atoms with Crippen molar-refractivity contribution in [3.8, 4) is 0 Å². The number of fused-ring (bicyclic) bond motifs is 2. The highest BCUT2D eigenvalue weighted by Gasteiger charge is 2.64. The summed E-state index contributed by atoms with van der Waals surface area (Å²) in [6, 6.07) is 6.51. The summed E-state index contributed by atoms with van der Waals surface area (Å²) in [5.74, 6) is -2.76. The molecule has 0 saturated carbocycles. The number of nitrogens with one attached hydrogen (secondary N) is 1. The molecule has 0 aliphatic carbocycles. The topological polar surface area (TPSA) is 170 Å². The van der Waals surface area contributed by atoms with E-state index in [0.29, 0.717) is 0 Å². The Balaban J connectivity index is 0.000000195. The molecular weight excluding hydrogens is 520 g/mol. The zero-order valence-corrected chi connectivity index (χ0v) is 22.4. The number of β-lactam (4-membered cyclic amide) rings is 2. The van der Waals surface area contributed by atoms with E-state index in [2.05, 4.69) is 5.32 Å². The molecule has 4 aliphatic heterocycles. The van der Waals surface area contributed by atoms with Gasteiger partial charge in [-0.15, -0.1) is 23.5 Å². The summed E-state index contributed by atoms with van der Waals surface area (Å²) in [6.45, 7) is 7.28. The third-order valence-electron chi connectivity index (χ3n) is 6.92. The van der Waals surface area contributed by atoms with E-state index in [-0.39, 0.29) is 34.9 Å². The smallest absolute Gasteiger partial charge is 0.327 e. The molecule has 4 fully saturated rings. The van der Waals surface area contributed by atoms with Crippen LogP contribution in [0.4, 0.5) is 0 Å². The number of carbonyl (C=O) groups is 5. The summed E-state index contributed by atoms with van der Waals surface area (Å²) in [4.78, 5) is 61.0. The van der Waals surface area contributed by atoms with Gasteiger partial charge in [-0.3, -0.25) is 14.4 Å². The molecule has 37 heavy (non-hydrogen) atoms. The van der Waals surface area contributed by atoms with Gasteiger partial charge in [-0.2, -0.15) is 0 Å². The number of hydrogen-bond acceptors (Lipinski definition) is 8. The molecule has 6 atom stereocenters. The van der Waals surface area contributed by atoms with Gasteiger partial charge >= 0.3 is 11.9 Å². The normalized spacial score (nSPS) is 32.2. The monoisotopic (exact) mass is 550 g/mol. The zero-order valence-electron chi connectivity index (χ0n) is 20.8. The van der Waals surface area contributed by atoms with E-state index in [9.17, 15) is 29.1 Å². The summed E-state index contributed by atoms with van der Waals surface area (Å²) >= 11 is 2.89. The number of carboxylic acids is 2. The molecule has 13 heteroatoms. The third-order valence-corrected chi connectivity index (χ3v) is 10.1. The van der Waals surface area contributed by atoms with Crippen molar-refractivity contribution in [2.24, 2.45) is 5.73 Å². The van der Waals surface area contributed by atoms with Gasteiger partial charge in [0, 0.05) is 9.49 Å². The number of nitrogens with zero attached hydrogens (tertiary/aromatic N) is 2. The molecule has 3 amide bonds. The van der Waals surface area contributed by atoms with Gasteiger partial charge in [-0.05, 0) is 33.3 Å². The number of amides is 3. The van der Waals surface area contributed by atoms with Crippen LogP contribution < -0.4 is 11.1 Å². The molecule has 5 rings (SSSR count). The maximum atomic E-state index is 12.3. The predicted molar refractivity (Wildman–Crippen MR) is 138 cm³/mol. The average Bonchev–Trinajstić information content (AvgIpc) is 3.23. The van der Waals surface area contributed by atoms with Gasteiger partial charge in [-0.25, -0.2) is 9.59 Å². The van der Waals surface area contributed by atoms with Crippen LogP contribution in [0.2, 0.25) is 0 Å². The first-order valence-electron chi connectivity index (χ1n) is 11.7. The van der Waals surface area contributed by atoms with Crippen molar-refractivity contribution in [1.29, 1.82) is 0 Å². The molecule has 0 aromatic heterocycles. The second-order valence-electron chi connectivity index (χ2n) is 10.4. The van der Waals surface area contributed by atoms with Crippen molar-refractivity contribution in [1.82, 2.24) is 15.1 Å². The summed E-state index contributed by atoms with van der Waals surface area (Å²) in [6.07, 6.45) is 0.202. The molecule has 4 aliphatic rings. The molecule has 0 bridgehead atoms. The maximum absolute atomic E-state index is 12.3. The van der Waals surface area contributed by atoms with Crippen molar-refractivity contribution in [3.63, 3.8) is 0 Å². The fraction of sp³-hybridized carbons (Fsp3) is 0.542. The Hall–Kier alpha value is -2.77. The Morgan fingerprint density at radius 3 is 1.89 bits per heavy atom. The molecule has 5 N–H and O–H groups in total. The molecule has 11 nitrogen and oxygen atoms in total. The first kappa shape index (κ1) is 27.3. The van der Waals surface area contributed by atoms with Crippen LogP contribution in [0.5, 0.6) is 0 Å². The quantitative estimate of drug-likeness (QED) is 0.374.